The molecule has 0 aliphatic carbocycles. The van der Waals surface area contributed by atoms with Crippen molar-refractivity contribution in [1.82, 2.24) is 10.2 Å². The molecule has 1 atom stereocenters. The van der Waals surface area contributed by atoms with Crippen molar-refractivity contribution in [2.45, 2.75) is 34.1 Å². The van der Waals surface area contributed by atoms with Crippen LogP contribution < -0.4 is 5.32 Å². The van der Waals surface area contributed by atoms with Gasteiger partial charge in [0, 0.05) is 25.6 Å². The fraction of sp³-hybridized carbons (Fsp3) is 0.923. The smallest absolute Gasteiger partial charge is 0.222 e. The predicted octanol–water partition coefficient (Wildman–Crippen LogP) is 1.74. The minimum Gasteiger partial charge on any atom is -0.356 e. The Morgan fingerprint density at radius 2 is 2.06 bits per heavy atom. The lowest BCUT2D eigenvalue weighted by atomic mass is 10.1. The number of amides is 1. The molecule has 3 heteroatoms. The van der Waals surface area contributed by atoms with Gasteiger partial charge < -0.3 is 10.2 Å². The summed E-state index contributed by atoms with van der Waals surface area (Å²) in [6, 6.07) is 0. The molecule has 0 aromatic heterocycles. The maximum Gasteiger partial charge on any atom is 0.222 e. The standard InChI is InChI=1S/C13H26N2O/c1-10(2)8-15-6-5-12(9-15)7-14-13(16)11(3)4/h10-12H,5-9H2,1-4H3,(H,14,16). The molecule has 1 rings (SSSR count). The Morgan fingerprint density at radius 3 is 2.62 bits per heavy atom. The van der Waals surface area contributed by atoms with Crippen LogP contribution >= 0.6 is 0 Å². The highest BCUT2D eigenvalue weighted by Crippen LogP contribution is 2.16. The number of carbonyl (C=O) groups excluding carboxylic acids is 1. The number of hydrogen-bond acceptors (Lipinski definition) is 2. The molecule has 0 saturated carbocycles. The second-order valence-corrected chi connectivity index (χ2v) is 5.71. The van der Waals surface area contributed by atoms with Crippen LogP contribution in [0.25, 0.3) is 0 Å². The maximum atomic E-state index is 11.4. The highest BCUT2D eigenvalue weighted by molar-refractivity contribution is 5.77. The van der Waals surface area contributed by atoms with Crippen molar-refractivity contribution in [3.05, 3.63) is 0 Å². The first-order chi connectivity index (χ1) is 7.49. The van der Waals surface area contributed by atoms with E-state index in [0.29, 0.717) is 5.92 Å². The van der Waals surface area contributed by atoms with Crippen molar-refractivity contribution in [2.75, 3.05) is 26.2 Å². The summed E-state index contributed by atoms with van der Waals surface area (Å²) in [5.41, 5.74) is 0. The van der Waals surface area contributed by atoms with E-state index in [-0.39, 0.29) is 11.8 Å². The van der Waals surface area contributed by atoms with Crippen LogP contribution in [0.3, 0.4) is 0 Å². The quantitative estimate of drug-likeness (QED) is 0.774. The normalized spacial score (nSPS) is 22.0. The average molecular weight is 226 g/mol. The van der Waals surface area contributed by atoms with Crippen LogP contribution in [0.4, 0.5) is 0 Å². The van der Waals surface area contributed by atoms with Gasteiger partial charge in [0.1, 0.15) is 0 Å². The van der Waals surface area contributed by atoms with Crippen molar-refractivity contribution < 1.29 is 4.79 Å². The van der Waals surface area contributed by atoms with Gasteiger partial charge in [0.05, 0.1) is 0 Å². The number of carbonyl (C=O) groups is 1. The van der Waals surface area contributed by atoms with E-state index in [1.165, 1.54) is 19.5 Å². The number of nitrogens with zero attached hydrogens (tertiary/aromatic N) is 1. The lowest BCUT2D eigenvalue weighted by Gasteiger charge is -2.18. The molecule has 94 valence electrons. The van der Waals surface area contributed by atoms with Crippen LogP contribution in [0.1, 0.15) is 34.1 Å². The van der Waals surface area contributed by atoms with Crippen molar-refractivity contribution in [2.24, 2.45) is 17.8 Å². The molecule has 1 N–H and O–H groups in total. The van der Waals surface area contributed by atoms with E-state index < -0.39 is 0 Å². The van der Waals surface area contributed by atoms with Gasteiger partial charge in [0.15, 0.2) is 0 Å². The number of hydrogen-bond donors (Lipinski definition) is 1. The predicted molar refractivity (Wildman–Crippen MR) is 67.2 cm³/mol. The highest BCUT2D eigenvalue weighted by atomic mass is 16.1. The number of likely N-dealkylation sites (tertiary alicyclic amines) is 1. The summed E-state index contributed by atoms with van der Waals surface area (Å²) >= 11 is 0. The zero-order valence-corrected chi connectivity index (χ0v) is 11.1. The maximum absolute atomic E-state index is 11.4. The molecule has 1 fully saturated rings. The largest absolute Gasteiger partial charge is 0.356 e. The van der Waals surface area contributed by atoms with Gasteiger partial charge in [-0.1, -0.05) is 27.7 Å². The Bertz CT molecular complexity index is 226. The molecular formula is C13H26N2O. The van der Waals surface area contributed by atoms with Crippen LogP contribution in [0.5, 0.6) is 0 Å². The third-order valence-electron chi connectivity index (χ3n) is 3.08. The van der Waals surface area contributed by atoms with E-state index in [0.717, 1.165) is 19.0 Å². The van der Waals surface area contributed by atoms with Gasteiger partial charge in [0.25, 0.3) is 0 Å². The summed E-state index contributed by atoms with van der Waals surface area (Å²) in [5.74, 6) is 1.68. The summed E-state index contributed by atoms with van der Waals surface area (Å²) in [7, 11) is 0. The molecule has 3 nitrogen and oxygen atoms in total. The molecule has 0 spiro atoms. The van der Waals surface area contributed by atoms with Crippen LogP contribution in [0.2, 0.25) is 0 Å². The van der Waals surface area contributed by atoms with E-state index in [4.69, 9.17) is 0 Å². The minimum atomic E-state index is 0.105. The third-order valence-corrected chi connectivity index (χ3v) is 3.08. The van der Waals surface area contributed by atoms with Crippen molar-refractivity contribution >= 4 is 5.91 Å². The molecule has 1 aliphatic rings. The van der Waals surface area contributed by atoms with Gasteiger partial charge in [-0.3, -0.25) is 4.79 Å². The molecule has 0 bridgehead atoms. The van der Waals surface area contributed by atoms with E-state index in [1.807, 2.05) is 13.8 Å². The molecule has 1 heterocycles. The molecule has 1 saturated heterocycles. The lowest BCUT2D eigenvalue weighted by molar-refractivity contribution is -0.124. The second kappa shape index (κ2) is 6.24. The van der Waals surface area contributed by atoms with Gasteiger partial charge in [-0.05, 0) is 24.8 Å². The molecule has 1 aliphatic heterocycles. The summed E-state index contributed by atoms with van der Waals surface area (Å²) in [5, 5.41) is 3.03. The topological polar surface area (TPSA) is 32.3 Å². The Hall–Kier alpha value is -0.570. The van der Waals surface area contributed by atoms with Crippen LogP contribution in [0.15, 0.2) is 0 Å². The van der Waals surface area contributed by atoms with Crippen molar-refractivity contribution in [3.63, 3.8) is 0 Å². The molecule has 0 radical (unpaired) electrons. The summed E-state index contributed by atoms with van der Waals surface area (Å²) in [6.07, 6.45) is 1.23. The van der Waals surface area contributed by atoms with E-state index >= 15 is 0 Å². The molecule has 0 aromatic rings. The van der Waals surface area contributed by atoms with Gasteiger partial charge in [-0.2, -0.15) is 0 Å². The fourth-order valence-corrected chi connectivity index (χ4v) is 2.21. The highest BCUT2D eigenvalue weighted by Gasteiger charge is 2.23. The van der Waals surface area contributed by atoms with E-state index in [2.05, 4.69) is 24.1 Å². The molecule has 16 heavy (non-hydrogen) atoms. The van der Waals surface area contributed by atoms with Gasteiger partial charge in [0.2, 0.25) is 5.91 Å². The summed E-state index contributed by atoms with van der Waals surface area (Å²) in [6.45, 7) is 12.8. The van der Waals surface area contributed by atoms with Gasteiger partial charge in [-0.25, -0.2) is 0 Å². The Balaban J connectivity index is 2.19. The zero-order valence-electron chi connectivity index (χ0n) is 11.1. The first kappa shape index (κ1) is 13.5. The van der Waals surface area contributed by atoms with Crippen LogP contribution in [-0.2, 0) is 4.79 Å². The average Bonchev–Trinajstić information content (AvgIpc) is 2.60. The number of nitrogens with one attached hydrogen (secondary N) is 1. The van der Waals surface area contributed by atoms with E-state index in [1.54, 1.807) is 0 Å². The van der Waals surface area contributed by atoms with E-state index in [9.17, 15) is 4.79 Å². The zero-order chi connectivity index (χ0) is 12.1. The summed E-state index contributed by atoms with van der Waals surface area (Å²) in [4.78, 5) is 13.9. The van der Waals surface area contributed by atoms with Crippen LogP contribution in [0, 0.1) is 17.8 Å². The van der Waals surface area contributed by atoms with Gasteiger partial charge in [-0.15, -0.1) is 0 Å². The lowest BCUT2D eigenvalue weighted by Crippen LogP contribution is -2.34. The SMILES string of the molecule is CC(C)CN1CCC(CNC(=O)C(C)C)C1. The second-order valence-electron chi connectivity index (χ2n) is 5.71. The van der Waals surface area contributed by atoms with Crippen molar-refractivity contribution in [1.29, 1.82) is 0 Å². The first-order valence-corrected chi connectivity index (χ1v) is 6.49. The number of rotatable bonds is 5. The Labute approximate surface area is 99.6 Å². The van der Waals surface area contributed by atoms with Crippen molar-refractivity contribution in [3.8, 4) is 0 Å². The monoisotopic (exact) mass is 226 g/mol. The molecule has 1 amide bonds. The van der Waals surface area contributed by atoms with Gasteiger partial charge >= 0.3 is 0 Å². The first-order valence-electron chi connectivity index (χ1n) is 6.49. The van der Waals surface area contributed by atoms with Crippen LogP contribution in [-0.4, -0.2) is 37.0 Å². The summed E-state index contributed by atoms with van der Waals surface area (Å²) < 4.78 is 0. The molecule has 1 unspecified atom stereocenters. The molecular weight excluding hydrogens is 200 g/mol. The Kier molecular flexibility index (Phi) is 5.26. The third kappa shape index (κ3) is 4.52. The minimum absolute atomic E-state index is 0.105. The molecule has 0 aromatic carbocycles. The fourth-order valence-electron chi connectivity index (χ4n) is 2.21. The Morgan fingerprint density at radius 1 is 1.38 bits per heavy atom.